The summed E-state index contributed by atoms with van der Waals surface area (Å²) in [7, 11) is 0. The van der Waals surface area contributed by atoms with Crippen molar-refractivity contribution in [2.45, 2.75) is 54.2 Å². The first-order valence-corrected chi connectivity index (χ1v) is 13.2. The van der Waals surface area contributed by atoms with Gasteiger partial charge in [0, 0.05) is 23.2 Å². The molecule has 9 nitrogen and oxygen atoms in total. The predicted molar refractivity (Wildman–Crippen MR) is 147 cm³/mol. The minimum absolute atomic E-state index is 0.138. The molecule has 0 spiro atoms. The molecule has 0 saturated heterocycles. The molecular formula is C28H30N4O5S. The summed E-state index contributed by atoms with van der Waals surface area (Å²) in [6.07, 6.45) is 1.36. The fraction of sp³-hybridized carbons (Fsp3) is 0.321. The standard InChI is InChI=1S/C28H30N4O5S/c1-7-32-17(6)20(14-29-32)22-13-19(18-11-9-10-12-21(18)30-22)25(33)31-26-23(27(34)37-15(3)4)16(5)24(38-26)28(35)36-8-2/h9-15H,7-8H2,1-6H3,(H,31,33). The number of benzene rings is 1. The van der Waals surface area contributed by atoms with Gasteiger partial charge in [-0.15, -0.1) is 11.3 Å². The number of hydrogen-bond donors (Lipinski definition) is 1. The van der Waals surface area contributed by atoms with Crippen molar-refractivity contribution in [1.29, 1.82) is 0 Å². The van der Waals surface area contributed by atoms with Crippen LogP contribution in [0.4, 0.5) is 5.00 Å². The number of aromatic nitrogens is 3. The number of nitrogens with one attached hydrogen (secondary N) is 1. The third kappa shape index (κ3) is 5.17. The van der Waals surface area contributed by atoms with Crippen molar-refractivity contribution >= 4 is 45.1 Å². The van der Waals surface area contributed by atoms with E-state index in [1.165, 1.54) is 0 Å². The van der Waals surface area contributed by atoms with Crippen molar-refractivity contribution < 1.29 is 23.9 Å². The fourth-order valence-corrected chi connectivity index (χ4v) is 5.28. The summed E-state index contributed by atoms with van der Waals surface area (Å²) in [5.41, 5.74) is 3.93. The Morgan fingerprint density at radius 1 is 1.11 bits per heavy atom. The topological polar surface area (TPSA) is 112 Å². The third-order valence-corrected chi connectivity index (χ3v) is 7.21. The highest BCUT2D eigenvalue weighted by Gasteiger charge is 2.28. The summed E-state index contributed by atoms with van der Waals surface area (Å²) in [5.74, 6) is -1.63. The molecule has 10 heteroatoms. The second-order valence-corrected chi connectivity index (χ2v) is 9.94. The molecule has 4 aromatic rings. The van der Waals surface area contributed by atoms with Gasteiger partial charge in [0.1, 0.15) is 9.88 Å². The van der Waals surface area contributed by atoms with Crippen LogP contribution in [0.5, 0.6) is 0 Å². The molecule has 1 N–H and O–H groups in total. The molecule has 38 heavy (non-hydrogen) atoms. The van der Waals surface area contributed by atoms with Gasteiger partial charge in [0.25, 0.3) is 5.91 Å². The smallest absolute Gasteiger partial charge is 0.348 e. The van der Waals surface area contributed by atoms with Crippen molar-refractivity contribution in [2.75, 3.05) is 11.9 Å². The average molecular weight is 535 g/mol. The third-order valence-electron chi connectivity index (χ3n) is 6.02. The number of anilines is 1. The van der Waals surface area contributed by atoms with Gasteiger partial charge < -0.3 is 14.8 Å². The molecule has 1 amide bonds. The van der Waals surface area contributed by atoms with E-state index in [4.69, 9.17) is 14.5 Å². The summed E-state index contributed by atoms with van der Waals surface area (Å²) >= 11 is 0.991. The molecule has 0 aliphatic heterocycles. The van der Waals surface area contributed by atoms with E-state index in [2.05, 4.69) is 10.4 Å². The molecule has 0 radical (unpaired) electrons. The van der Waals surface area contributed by atoms with Crippen LogP contribution in [0.25, 0.3) is 22.2 Å². The molecule has 0 atom stereocenters. The van der Waals surface area contributed by atoms with Crippen LogP contribution in [-0.4, -0.2) is 45.3 Å². The Morgan fingerprint density at radius 2 is 1.84 bits per heavy atom. The van der Waals surface area contributed by atoms with Crippen molar-refractivity contribution in [2.24, 2.45) is 0 Å². The summed E-state index contributed by atoms with van der Waals surface area (Å²) in [6.45, 7) is 11.7. The number of pyridine rings is 1. The first-order valence-electron chi connectivity index (χ1n) is 12.4. The number of ether oxygens (including phenoxy) is 2. The molecule has 0 bridgehead atoms. The first-order chi connectivity index (χ1) is 18.2. The lowest BCUT2D eigenvalue weighted by molar-refractivity contribution is 0.0379. The van der Waals surface area contributed by atoms with E-state index in [1.54, 1.807) is 40.0 Å². The van der Waals surface area contributed by atoms with Gasteiger partial charge >= 0.3 is 11.9 Å². The Kier molecular flexibility index (Phi) is 7.91. The van der Waals surface area contributed by atoms with Crippen molar-refractivity contribution in [3.05, 3.63) is 63.8 Å². The number of carbonyl (C=O) groups excluding carboxylic acids is 3. The Morgan fingerprint density at radius 3 is 2.50 bits per heavy atom. The van der Waals surface area contributed by atoms with Gasteiger partial charge in [-0.05, 0) is 59.2 Å². The molecule has 1 aromatic carbocycles. The monoisotopic (exact) mass is 534 g/mol. The Balaban J connectivity index is 1.81. The van der Waals surface area contributed by atoms with Gasteiger partial charge in [-0.2, -0.15) is 5.10 Å². The molecule has 3 aromatic heterocycles. The molecule has 0 saturated carbocycles. The van der Waals surface area contributed by atoms with E-state index >= 15 is 0 Å². The van der Waals surface area contributed by atoms with Gasteiger partial charge in [-0.1, -0.05) is 18.2 Å². The number of nitrogens with zero attached hydrogens (tertiary/aromatic N) is 3. The number of carbonyl (C=O) groups is 3. The van der Waals surface area contributed by atoms with Gasteiger partial charge in [0.2, 0.25) is 0 Å². The molecule has 0 fully saturated rings. The van der Waals surface area contributed by atoms with Crippen LogP contribution < -0.4 is 5.32 Å². The average Bonchev–Trinajstić information content (AvgIpc) is 3.41. The molecular weight excluding hydrogens is 504 g/mol. The second kappa shape index (κ2) is 11.1. The lowest BCUT2D eigenvalue weighted by Crippen LogP contribution is -2.17. The Hall–Kier alpha value is -4.05. The summed E-state index contributed by atoms with van der Waals surface area (Å²) in [4.78, 5) is 44.3. The number of para-hydroxylation sites is 1. The van der Waals surface area contributed by atoms with E-state index in [1.807, 2.05) is 42.8 Å². The zero-order valence-electron chi connectivity index (χ0n) is 22.2. The van der Waals surface area contributed by atoms with Crippen molar-refractivity contribution in [3.63, 3.8) is 0 Å². The van der Waals surface area contributed by atoms with E-state index in [-0.39, 0.29) is 28.2 Å². The highest BCUT2D eigenvalue weighted by atomic mass is 32.1. The number of aryl methyl sites for hydroxylation is 1. The fourth-order valence-electron chi connectivity index (χ4n) is 4.20. The van der Waals surface area contributed by atoms with Crippen LogP contribution in [0.1, 0.15) is 69.3 Å². The lowest BCUT2D eigenvalue weighted by Gasteiger charge is -2.12. The number of amides is 1. The van der Waals surface area contributed by atoms with E-state index < -0.39 is 17.8 Å². The van der Waals surface area contributed by atoms with E-state index in [9.17, 15) is 14.4 Å². The maximum atomic E-state index is 13.7. The number of thiophene rings is 1. The Labute approximate surface area is 224 Å². The van der Waals surface area contributed by atoms with Crippen LogP contribution >= 0.6 is 11.3 Å². The van der Waals surface area contributed by atoms with Crippen LogP contribution in [0.15, 0.2) is 36.5 Å². The minimum Gasteiger partial charge on any atom is -0.462 e. The molecule has 4 rings (SSSR count). The molecule has 0 aliphatic rings. The first kappa shape index (κ1) is 27.0. The van der Waals surface area contributed by atoms with Gasteiger partial charge in [-0.25, -0.2) is 14.6 Å². The van der Waals surface area contributed by atoms with Crippen LogP contribution in [-0.2, 0) is 16.0 Å². The minimum atomic E-state index is -0.623. The normalized spacial score (nSPS) is 11.1. The van der Waals surface area contributed by atoms with Crippen molar-refractivity contribution in [3.8, 4) is 11.3 Å². The molecule has 3 heterocycles. The zero-order valence-corrected chi connectivity index (χ0v) is 23.1. The van der Waals surface area contributed by atoms with Gasteiger partial charge in [0.05, 0.1) is 41.2 Å². The number of fused-ring (bicyclic) bond motifs is 1. The summed E-state index contributed by atoms with van der Waals surface area (Å²) in [6, 6.07) is 9.08. The van der Waals surface area contributed by atoms with Crippen LogP contribution in [0.2, 0.25) is 0 Å². The lowest BCUT2D eigenvalue weighted by atomic mass is 10.0. The largest absolute Gasteiger partial charge is 0.462 e. The maximum absolute atomic E-state index is 13.7. The Bertz CT molecular complexity index is 1540. The van der Waals surface area contributed by atoms with Crippen molar-refractivity contribution in [1.82, 2.24) is 14.8 Å². The number of hydrogen-bond acceptors (Lipinski definition) is 8. The highest BCUT2D eigenvalue weighted by Crippen LogP contribution is 2.36. The zero-order chi connectivity index (χ0) is 27.6. The second-order valence-electron chi connectivity index (χ2n) is 8.92. The molecule has 198 valence electrons. The number of rotatable bonds is 8. The number of esters is 2. The predicted octanol–water partition coefficient (Wildman–Crippen LogP) is 5.79. The molecule has 0 aliphatic carbocycles. The van der Waals surface area contributed by atoms with Gasteiger partial charge in [-0.3, -0.25) is 9.48 Å². The van der Waals surface area contributed by atoms with Crippen LogP contribution in [0, 0.1) is 13.8 Å². The maximum Gasteiger partial charge on any atom is 0.348 e. The quantitative estimate of drug-likeness (QED) is 0.285. The summed E-state index contributed by atoms with van der Waals surface area (Å²) < 4.78 is 12.4. The SMILES string of the molecule is CCOC(=O)c1sc(NC(=O)c2cc(-c3cnn(CC)c3C)nc3ccccc23)c(C(=O)OC(C)C)c1C. The van der Waals surface area contributed by atoms with E-state index in [0.717, 1.165) is 22.6 Å². The van der Waals surface area contributed by atoms with Crippen LogP contribution in [0.3, 0.4) is 0 Å². The van der Waals surface area contributed by atoms with Gasteiger partial charge in [0.15, 0.2) is 0 Å². The summed E-state index contributed by atoms with van der Waals surface area (Å²) in [5, 5.41) is 8.15. The molecule has 0 unspecified atom stereocenters. The highest BCUT2D eigenvalue weighted by molar-refractivity contribution is 7.18. The van der Waals surface area contributed by atoms with E-state index in [0.29, 0.717) is 34.3 Å².